The molecule has 0 saturated carbocycles. The molecule has 1 heterocycles. The van der Waals surface area contributed by atoms with Gasteiger partial charge in [0.25, 0.3) is 5.91 Å². The van der Waals surface area contributed by atoms with Crippen LogP contribution in [-0.4, -0.2) is 24.6 Å². The third-order valence-electron chi connectivity index (χ3n) is 2.72. The maximum atomic E-state index is 11.5. The molecular weight excluding hydrogens is 308 g/mol. The molecule has 0 aliphatic carbocycles. The van der Waals surface area contributed by atoms with Gasteiger partial charge in [-0.25, -0.2) is 4.79 Å². The average Bonchev–Trinajstić information content (AvgIpc) is 2.72. The second-order valence-corrected chi connectivity index (χ2v) is 5.30. The van der Waals surface area contributed by atoms with Gasteiger partial charge in [-0.05, 0) is 44.5 Å². The molecule has 0 aromatic heterocycles. The van der Waals surface area contributed by atoms with Crippen molar-refractivity contribution < 1.29 is 19.1 Å². The number of carbonyl (C=O) groups is 2. The monoisotopic (exact) mass is 324 g/mol. The first-order chi connectivity index (χ1) is 10.4. The molecule has 1 aromatic rings. The van der Waals surface area contributed by atoms with Crippen LogP contribution in [0.4, 0.5) is 4.79 Å². The lowest BCUT2D eigenvalue weighted by Crippen LogP contribution is -2.22. The van der Waals surface area contributed by atoms with E-state index in [0.29, 0.717) is 28.7 Å². The number of amides is 3. The Morgan fingerprint density at radius 3 is 2.55 bits per heavy atom. The summed E-state index contributed by atoms with van der Waals surface area (Å²) in [6, 6.07) is 2.80. The highest BCUT2D eigenvalue weighted by Gasteiger charge is 2.23. The summed E-state index contributed by atoms with van der Waals surface area (Å²) in [6.07, 6.45) is 1.47. The van der Waals surface area contributed by atoms with Gasteiger partial charge in [-0.3, -0.25) is 10.1 Å². The van der Waals surface area contributed by atoms with E-state index < -0.39 is 11.9 Å². The Morgan fingerprint density at radius 2 is 2.00 bits per heavy atom. The number of hydrogen-bond donors (Lipinski definition) is 2. The number of rotatable bonds is 5. The van der Waals surface area contributed by atoms with E-state index in [9.17, 15) is 9.59 Å². The van der Waals surface area contributed by atoms with E-state index in [-0.39, 0.29) is 11.8 Å². The van der Waals surface area contributed by atoms with E-state index in [4.69, 9.17) is 21.1 Å². The molecule has 1 fully saturated rings. The summed E-state index contributed by atoms with van der Waals surface area (Å²) in [4.78, 5) is 22.7. The van der Waals surface area contributed by atoms with E-state index >= 15 is 0 Å². The predicted molar refractivity (Wildman–Crippen MR) is 83.0 cm³/mol. The number of imide groups is 1. The molecule has 2 N–H and O–H groups in total. The first-order valence-corrected chi connectivity index (χ1v) is 7.25. The smallest absolute Gasteiger partial charge is 0.326 e. The Balaban J connectivity index is 2.40. The summed E-state index contributed by atoms with van der Waals surface area (Å²) < 4.78 is 11.2. The zero-order chi connectivity index (χ0) is 16.3. The fraction of sp³-hybridized carbons (Fsp3) is 0.333. The number of hydrogen-bond acceptors (Lipinski definition) is 4. The van der Waals surface area contributed by atoms with Crippen LogP contribution in [0, 0.1) is 0 Å². The largest absolute Gasteiger partial charge is 0.490 e. The number of ether oxygens (including phenoxy) is 2. The minimum absolute atomic E-state index is 0.0548. The van der Waals surface area contributed by atoms with Gasteiger partial charge < -0.3 is 14.8 Å². The number of nitrogens with one attached hydrogen (secondary N) is 2. The Hall–Kier alpha value is -2.21. The van der Waals surface area contributed by atoms with Crippen LogP contribution in [0.15, 0.2) is 17.8 Å². The highest BCUT2D eigenvalue weighted by atomic mass is 35.5. The Morgan fingerprint density at radius 1 is 1.27 bits per heavy atom. The van der Waals surface area contributed by atoms with Gasteiger partial charge in [-0.1, -0.05) is 11.6 Å². The molecular formula is C15H17ClN2O4. The van der Waals surface area contributed by atoms with Crippen molar-refractivity contribution in [2.24, 2.45) is 0 Å². The van der Waals surface area contributed by atoms with Crippen molar-refractivity contribution in [1.82, 2.24) is 10.6 Å². The molecule has 1 aliphatic heterocycles. The van der Waals surface area contributed by atoms with E-state index in [0.717, 1.165) is 0 Å². The van der Waals surface area contributed by atoms with Crippen molar-refractivity contribution in [3.05, 3.63) is 28.4 Å². The standard InChI is InChI=1S/C15H17ClN2O4/c1-4-21-12-7-9(5-10(16)13(12)22-8(2)3)6-11-14(19)18-15(20)17-11/h5-8H,4H2,1-3H3,(H2,17,18,19,20)/b11-6+. The van der Waals surface area contributed by atoms with Crippen molar-refractivity contribution in [3.8, 4) is 11.5 Å². The number of benzene rings is 1. The van der Waals surface area contributed by atoms with Crippen molar-refractivity contribution in [1.29, 1.82) is 0 Å². The van der Waals surface area contributed by atoms with Gasteiger partial charge >= 0.3 is 6.03 Å². The van der Waals surface area contributed by atoms with Crippen LogP contribution in [0.1, 0.15) is 26.3 Å². The number of carbonyl (C=O) groups excluding carboxylic acids is 2. The number of halogens is 1. The summed E-state index contributed by atoms with van der Waals surface area (Å²) in [7, 11) is 0. The van der Waals surface area contributed by atoms with Gasteiger partial charge in [-0.15, -0.1) is 0 Å². The van der Waals surface area contributed by atoms with Gasteiger partial charge in [0.15, 0.2) is 11.5 Å². The number of urea groups is 1. The highest BCUT2D eigenvalue weighted by molar-refractivity contribution is 6.32. The zero-order valence-corrected chi connectivity index (χ0v) is 13.3. The van der Waals surface area contributed by atoms with E-state index in [1.54, 1.807) is 12.1 Å². The third-order valence-corrected chi connectivity index (χ3v) is 3.00. The Bertz CT molecular complexity index is 641. The first-order valence-electron chi connectivity index (χ1n) is 6.87. The lowest BCUT2D eigenvalue weighted by atomic mass is 10.1. The van der Waals surface area contributed by atoms with Crippen molar-refractivity contribution in [2.45, 2.75) is 26.9 Å². The van der Waals surface area contributed by atoms with E-state index in [1.165, 1.54) is 6.08 Å². The molecule has 3 amide bonds. The van der Waals surface area contributed by atoms with Gasteiger partial charge in [0, 0.05) is 0 Å². The van der Waals surface area contributed by atoms with Crippen LogP contribution < -0.4 is 20.1 Å². The molecule has 6 nitrogen and oxygen atoms in total. The Kier molecular flexibility index (Phi) is 4.92. The van der Waals surface area contributed by atoms with Gasteiger partial charge in [-0.2, -0.15) is 0 Å². The van der Waals surface area contributed by atoms with Gasteiger partial charge in [0.2, 0.25) is 0 Å². The predicted octanol–water partition coefficient (Wildman–Crippen LogP) is 2.71. The molecule has 0 atom stereocenters. The quantitative estimate of drug-likeness (QED) is 0.645. The summed E-state index contributed by atoms with van der Waals surface area (Å²) in [6.45, 7) is 6.07. The van der Waals surface area contributed by atoms with Gasteiger partial charge in [0.05, 0.1) is 17.7 Å². The van der Waals surface area contributed by atoms with E-state index in [2.05, 4.69) is 10.6 Å². The van der Waals surface area contributed by atoms with Crippen molar-refractivity contribution in [3.63, 3.8) is 0 Å². The summed E-state index contributed by atoms with van der Waals surface area (Å²) in [5, 5.41) is 4.92. The second kappa shape index (κ2) is 6.70. The first kappa shape index (κ1) is 16.2. The van der Waals surface area contributed by atoms with Gasteiger partial charge in [0.1, 0.15) is 5.70 Å². The molecule has 2 rings (SSSR count). The SMILES string of the molecule is CCOc1cc(/C=C2/NC(=O)NC2=O)cc(Cl)c1OC(C)C. The molecule has 1 aromatic carbocycles. The summed E-state index contributed by atoms with van der Waals surface area (Å²) >= 11 is 6.24. The van der Waals surface area contributed by atoms with Crippen LogP contribution in [0.2, 0.25) is 5.02 Å². The molecule has 0 unspecified atom stereocenters. The van der Waals surface area contributed by atoms with Crippen molar-refractivity contribution >= 4 is 29.6 Å². The fourth-order valence-corrected chi connectivity index (χ4v) is 2.20. The summed E-state index contributed by atoms with van der Waals surface area (Å²) in [5.41, 5.74) is 0.776. The molecule has 0 radical (unpaired) electrons. The fourth-order valence-electron chi connectivity index (χ4n) is 1.93. The molecule has 0 bridgehead atoms. The third kappa shape index (κ3) is 3.71. The Labute approximate surface area is 133 Å². The summed E-state index contributed by atoms with van der Waals surface area (Å²) in [5.74, 6) is 0.461. The maximum Gasteiger partial charge on any atom is 0.326 e. The minimum Gasteiger partial charge on any atom is -0.490 e. The van der Waals surface area contributed by atoms with Crippen LogP contribution in [-0.2, 0) is 4.79 Å². The van der Waals surface area contributed by atoms with Crippen molar-refractivity contribution in [2.75, 3.05) is 6.61 Å². The van der Waals surface area contributed by atoms with Crippen LogP contribution in [0.5, 0.6) is 11.5 Å². The topological polar surface area (TPSA) is 76.7 Å². The molecule has 7 heteroatoms. The van der Waals surface area contributed by atoms with E-state index in [1.807, 2.05) is 20.8 Å². The van der Waals surface area contributed by atoms with Crippen LogP contribution in [0.25, 0.3) is 6.08 Å². The minimum atomic E-state index is -0.549. The lowest BCUT2D eigenvalue weighted by molar-refractivity contribution is -0.115. The molecule has 1 aliphatic rings. The maximum absolute atomic E-state index is 11.5. The lowest BCUT2D eigenvalue weighted by Gasteiger charge is -2.16. The van der Waals surface area contributed by atoms with Crippen LogP contribution in [0.3, 0.4) is 0 Å². The highest BCUT2D eigenvalue weighted by Crippen LogP contribution is 2.38. The molecule has 0 spiro atoms. The normalized spacial score (nSPS) is 16.0. The molecule has 118 valence electrons. The van der Waals surface area contributed by atoms with Crippen LogP contribution >= 0.6 is 11.6 Å². The zero-order valence-electron chi connectivity index (χ0n) is 12.5. The molecule has 22 heavy (non-hydrogen) atoms. The second-order valence-electron chi connectivity index (χ2n) is 4.90. The molecule has 1 saturated heterocycles. The average molecular weight is 325 g/mol.